The van der Waals surface area contributed by atoms with E-state index in [1.807, 2.05) is 0 Å². The van der Waals surface area contributed by atoms with E-state index >= 15 is 0 Å². The fourth-order valence-electron chi connectivity index (χ4n) is 2.53. The number of benzene rings is 1. The van der Waals surface area contributed by atoms with Crippen molar-refractivity contribution in [3.05, 3.63) is 28.2 Å². The molecule has 1 amide bonds. The summed E-state index contributed by atoms with van der Waals surface area (Å²) in [7, 11) is 2.91. The number of esters is 1. The molecule has 0 radical (unpaired) electrons. The van der Waals surface area contributed by atoms with Gasteiger partial charge in [-0.15, -0.1) is 0 Å². The Bertz CT molecular complexity index is 546. The van der Waals surface area contributed by atoms with Gasteiger partial charge in [0.25, 0.3) is 5.91 Å². The van der Waals surface area contributed by atoms with Crippen LogP contribution in [-0.4, -0.2) is 44.1 Å². The Kier molecular flexibility index (Phi) is 5.22. The Labute approximate surface area is 132 Å². The van der Waals surface area contributed by atoms with Crippen molar-refractivity contribution in [2.24, 2.45) is 5.92 Å². The highest BCUT2D eigenvalue weighted by Crippen LogP contribution is 2.27. The van der Waals surface area contributed by atoms with Crippen molar-refractivity contribution in [1.29, 1.82) is 0 Å². The van der Waals surface area contributed by atoms with Crippen LogP contribution in [0.1, 0.15) is 23.2 Å². The number of amides is 1. The third-order valence-electron chi connectivity index (χ3n) is 3.64. The molecule has 0 N–H and O–H groups in total. The summed E-state index contributed by atoms with van der Waals surface area (Å²) in [5.74, 6) is -0.0908. The van der Waals surface area contributed by atoms with Gasteiger partial charge in [-0.05, 0) is 31.0 Å². The molecular weight excluding hydrogens is 338 g/mol. The number of ether oxygens (including phenoxy) is 2. The van der Waals surface area contributed by atoms with Crippen molar-refractivity contribution in [2.75, 3.05) is 27.3 Å². The molecule has 1 aromatic carbocycles. The van der Waals surface area contributed by atoms with Gasteiger partial charge in [-0.3, -0.25) is 9.59 Å². The van der Waals surface area contributed by atoms with Gasteiger partial charge in [0, 0.05) is 17.6 Å². The fourth-order valence-corrected chi connectivity index (χ4v) is 2.87. The predicted molar refractivity (Wildman–Crippen MR) is 81.3 cm³/mol. The van der Waals surface area contributed by atoms with E-state index < -0.39 is 0 Å². The topological polar surface area (TPSA) is 55.8 Å². The van der Waals surface area contributed by atoms with E-state index in [-0.39, 0.29) is 17.8 Å². The number of methoxy groups -OCH3 is 2. The molecular formula is C15H18BrNO4. The molecule has 0 saturated carbocycles. The average molecular weight is 356 g/mol. The van der Waals surface area contributed by atoms with Crippen molar-refractivity contribution >= 4 is 27.8 Å². The molecule has 0 spiro atoms. The molecule has 1 aliphatic rings. The molecule has 114 valence electrons. The van der Waals surface area contributed by atoms with Crippen LogP contribution in [0.3, 0.4) is 0 Å². The Hall–Kier alpha value is -1.56. The van der Waals surface area contributed by atoms with E-state index in [2.05, 4.69) is 15.9 Å². The van der Waals surface area contributed by atoms with Crippen LogP contribution in [0.25, 0.3) is 0 Å². The molecule has 0 aromatic heterocycles. The summed E-state index contributed by atoms with van der Waals surface area (Å²) in [5.41, 5.74) is 0.506. The van der Waals surface area contributed by atoms with E-state index in [0.717, 1.165) is 17.3 Å². The molecule has 1 saturated heterocycles. The first-order valence-corrected chi connectivity index (χ1v) is 7.56. The van der Waals surface area contributed by atoms with Gasteiger partial charge in [-0.25, -0.2) is 0 Å². The van der Waals surface area contributed by atoms with Crippen LogP contribution in [-0.2, 0) is 9.53 Å². The number of hydrogen-bond donors (Lipinski definition) is 0. The Morgan fingerprint density at radius 1 is 1.33 bits per heavy atom. The molecule has 6 heteroatoms. The van der Waals surface area contributed by atoms with Gasteiger partial charge in [0.05, 0.1) is 25.7 Å². The van der Waals surface area contributed by atoms with Gasteiger partial charge >= 0.3 is 5.97 Å². The minimum atomic E-state index is -0.254. The highest BCUT2D eigenvalue weighted by molar-refractivity contribution is 9.10. The van der Waals surface area contributed by atoms with Gasteiger partial charge in [-0.1, -0.05) is 15.9 Å². The molecule has 21 heavy (non-hydrogen) atoms. The van der Waals surface area contributed by atoms with Crippen molar-refractivity contribution in [2.45, 2.75) is 12.8 Å². The molecule has 0 bridgehead atoms. The van der Waals surface area contributed by atoms with Crippen LogP contribution < -0.4 is 4.74 Å². The third-order valence-corrected chi connectivity index (χ3v) is 4.13. The molecule has 1 aromatic rings. The summed E-state index contributed by atoms with van der Waals surface area (Å²) in [6.07, 6.45) is 1.55. The smallest absolute Gasteiger partial charge is 0.310 e. The predicted octanol–water partition coefficient (Wildman–Crippen LogP) is 2.48. The lowest BCUT2D eigenvalue weighted by Gasteiger charge is -2.31. The number of hydrogen-bond acceptors (Lipinski definition) is 4. The second kappa shape index (κ2) is 6.93. The number of rotatable bonds is 3. The normalized spacial score (nSPS) is 18.2. The maximum Gasteiger partial charge on any atom is 0.310 e. The zero-order valence-corrected chi connectivity index (χ0v) is 13.7. The van der Waals surface area contributed by atoms with Gasteiger partial charge < -0.3 is 14.4 Å². The first-order valence-electron chi connectivity index (χ1n) is 6.77. The lowest BCUT2D eigenvalue weighted by Crippen LogP contribution is -2.42. The van der Waals surface area contributed by atoms with Crippen molar-refractivity contribution < 1.29 is 19.1 Å². The first-order chi connectivity index (χ1) is 10.1. The first kappa shape index (κ1) is 15.8. The monoisotopic (exact) mass is 355 g/mol. The summed E-state index contributed by atoms with van der Waals surface area (Å²) in [5, 5.41) is 0. The highest BCUT2D eigenvalue weighted by Gasteiger charge is 2.30. The zero-order valence-electron chi connectivity index (χ0n) is 12.1. The minimum Gasteiger partial charge on any atom is -0.496 e. The molecule has 1 aliphatic heterocycles. The molecule has 1 fully saturated rings. The van der Waals surface area contributed by atoms with Gasteiger partial charge in [0.2, 0.25) is 0 Å². The SMILES string of the molecule is COC(=O)[C@H]1CCCN(C(=O)c2ccc(Br)cc2OC)C1. The second-order valence-electron chi connectivity index (χ2n) is 4.96. The molecule has 0 aliphatic carbocycles. The van der Waals surface area contributed by atoms with Crippen LogP contribution in [0.5, 0.6) is 5.75 Å². The van der Waals surface area contributed by atoms with Crippen LogP contribution in [0.2, 0.25) is 0 Å². The number of carbonyl (C=O) groups excluding carboxylic acids is 2. The van der Waals surface area contributed by atoms with Crippen LogP contribution in [0.15, 0.2) is 22.7 Å². The number of halogens is 1. The standard InChI is InChI=1S/C15H18BrNO4/c1-20-13-8-11(16)5-6-12(13)14(18)17-7-3-4-10(9-17)15(19)21-2/h5-6,8,10H,3-4,7,9H2,1-2H3/t10-/m0/s1. The van der Waals surface area contributed by atoms with Crippen molar-refractivity contribution in [1.82, 2.24) is 4.90 Å². The maximum absolute atomic E-state index is 12.6. The quantitative estimate of drug-likeness (QED) is 0.781. The molecule has 2 rings (SSSR count). The Balaban J connectivity index is 2.18. The summed E-state index contributed by atoms with van der Waals surface area (Å²) in [6, 6.07) is 5.29. The Morgan fingerprint density at radius 3 is 2.76 bits per heavy atom. The van der Waals surface area contributed by atoms with Crippen molar-refractivity contribution in [3.63, 3.8) is 0 Å². The zero-order chi connectivity index (χ0) is 15.4. The molecule has 0 unspecified atom stereocenters. The number of likely N-dealkylation sites (tertiary alicyclic amines) is 1. The average Bonchev–Trinajstić information content (AvgIpc) is 2.53. The maximum atomic E-state index is 12.6. The fraction of sp³-hybridized carbons (Fsp3) is 0.467. The molecule has 5 nitrogen and oxygen atoms in total. The summed E-state index contributed by atoms with van der Waals surface area (Å²) < 4.78 is 10.9. The van der Waals surface area contributed by atoms with E-state index in [9.17, 15) is 9.59 Å². The third kappa shape index (κ3) is 3.56. The molecule has 1 atom stereocenters. The van der Waals surface area contributed by atoms with E-state index in [0.29, 0.717) is 24.4 Å². The summed E-state index contributed by atoms with van der Waals surface area (Å²) in [4.78, 5) is 26.0. The van der Waals surface area contributed by atoms with Crippen LogP contribution >= 0.6 is 15.9 Å². The minimum absolute atomic E-state index is 0.118. The van der Waals surface area contributed by atoms with E-state index in [1.165, 1.54) is 14.2 Å². The van der Waals surface area contributed by atoms with Crippen molar-refractivity contribution in [3.8, 4) is 5.75 Å². The lowest BCUT2D eigenvalue weighted by atomic mass is 9.97. The molecule has 1 heterocycles. The van der Waals surface area contributed by atoms with Crippen LogP contribution in [0.4, 0.5) is 0 Å². The number of piperidine rings is 1. The van der Waals surface area contributed by atoms with Gasteiger partial charge in [-0.2, -0.15) is 0 Å². The van der Waals surface area contributed by atoms with E-state index in [1.54, 1.807) is 23.1 Å². The number of nitrogens with zero attached hydrogens (tertiary/aromatic N) is 1. The second-order valence-corrected chi connectivity index (χ2v) is 5.87. The lowest BCUT2D eigenvalue weighted by molar-refractivity contribution is -0.146. The van der Waals surface area contributed by atoms with Gasteiger partial charge in [0.15, 0.2) is 0 Å². The summed E-state index contributed by atoms with van der Waals surface area (Å²) >= 11 is 3.35. The summed E-state index contributed by atoms with van der Waals surface area (Å²) in [6.45, 7) is 1.04. The van der Waals surface area contributed by atoms with Gasteiger partial charge in [0.1, 0.15) is 5.75 Å². The highest BCUT2D eigenvalue weighted by atomic mass is 79.9. The van der Waals surface area contributed by atoms with E-state index in [4.69, 9.17) is 9.47 Å². The van der Waals surface area contributed by atoms with Crippen LogP contribution in [0, 0.1) is 5.92 Å². The largest absolute Gasteiger partial charge is 0.496 e. The number of carbonyl (C=O) groups is 2. The Morgan fingerprint density at radius 2 is 2.10 bits per heavy atom.